The summed E-state index contributed by atoms with van der Waals surface area (Å²) in [5, 5.41) is 5.21. The van der Waals surface area contributed by atoms with Gasteiger partial charge in [0.1, 0.15) is 0 Å². The molecule has 6 aromatic rings. The Morgan fingerprint density at radius 2 is 1.20 bits per heavy atom. The van der Waals surface area contributed by atoms with E-state index in [1.807, 2.05) is 22.7 Å². The molecule has 0 spiro atoms. The molecule has 0 aliphatic carbocycles. The number of hydrogen-bond donors (Lipinski definition) is 0. The average molecular weight is 492 g/mol. The summed E-state index contributed by atoms with van der Waals surface area (Å²) in [5.74, 6) is 0. The van der Waals surface area contributed by atoms with E-state index in [0.29, 0.717) is 0 Å². The van der Waals surface area contributed by atoms with Gasteiger partial charge in [-0.1, -0.05) is 60.7 Å². The quantitative estimate of drug-likeness (QED) is 0.226. The highest BCUT2D eigenvalue weighted by molar-refractivity contribution is 7.26. The lowest BCUT2D eigenvalue weighted by atomic mass is 9.77. The molecule has 2 nitrogen and oxygen atoms in total. The molecule has 1 saturated heterocycles. The summed E-state index contributed by atoms with van der Waals surface area (Å²) in [7, 11) is -0.394. The number of benzene rings is 4. The van der Waals surface area contributed by atoms with Crippen molar-refractivity contribution < 1.29 is 9.31 Å². The maximum Gasteiger partial charge on any atom is 0.494 e. The van der Waals surface area contributed by atoms with Gasteiger partial charge in [0.25, 0.3) is 0 Å². The predicted molar refractivity (Wildman–Crippen MR) is 153 cm³/mol. The molecule has 0 atom stereocenters. The molecule has 1 aliphatic rings. The number of thiophene rings is 2. The average Bonchev–Trinajstić information content (AvgIpc) is 3.46. The Morgan fingerprint density at radius 1 is 0.600 bits per heavy atom. The lowest BCUT2D eigenvalue weighted by molar-refractivity contribution is 0.00578. The Bertz CT molecular complexity index is 1760. The van der Waals surface area contributed by atoms with E-state index in [1.165, 1.54) is 51.5 Å². The summed E-state index contributed by atoms with van der Waals surface area (Å²) in [6, 6.07) is 28.8. The van der Waals surface area contributed by atoms with Gasteiger partial charge in [0.15, 0.2) is 0 Å². The molecule has 2 aromatic heterocycles. The minimum atomic E-state index is -0.394. The summed E-state index contributed by atoms with van der Waals surface area (Å²) < 4.78 is 18.2. The number of hydrogen-bond acceptors (Lipinski definition) is 4. The molecule has 7 rings (SSSR count). The zero-order valence-electron chi connectivity index (χ0n) is 20.2. The van der Waals surface area contributed by atoms with Gasteiger partial charge in [0.2, 0.25) is 0 Å². The van der Waals surface area contributed by atoms with Crippen LogP contribution in [0.3, 0.4) is 0 Å². The molecule has 0 unspecified atom stereocenters. The Morgan fingerprint density at radius 3 is 1.91 bits per heavy atom. The van der Waals surface area contributed by atoms with Crippen LogP contribution in [0.1, 0.15) is 27.7 Å². The van der Waals surface area contributed by atoms with Crippen LogP contribution in [0.15, 0.2) is 78.9 Å². The number of fused-ring (bicyclic) bond motifs is 6. The van der Waals surface area contributed by atoms with Gasteiger partial charge in [-0.05, 0) is 62.5 Å². The van der Waals surface area contributed by atoms with Crippen molar-refractivity contribution >= 4 is 75.6 Å². The first-order valence-corrected chi connectivity index (χ1v) is 13.7. The van der Waals surface area contributed by atoms with Crippen LogP contribution >= 0.6 is 22.7 Å². The van der Waals surface area contributed by atoms with Crippen LogP contribution in [0.2, 0.25) is 0 Å². The first kappa shape index (κ1) is 21.6. The molecule has 0 radical (unpaired) electrons. The third-order valence-corrected chi connectivity index (χ3v) is 10.1. The van der Waals surface area contributed by atoms with Crippen LogP contribution in [0.5, 0.6) is 0 Å². The van der Waals surface area contributed by atoms with Crippen LogP contribution in [-0.4, -0.2) is 18.3 Å². The standard InChI is InChI=1S/C30H25BO2S2/c1-29(2)30(3,4)33-31(32-29)19-16-23(28-24(17-19)21-10-6-8-12-26(21)35-28)18-13-14-22-20-9-5-7-11-25(20)34-27(22)15-18/h5-17H,1-4H3. The lowest BCUT2D eigenvalue weighted by Gasteiger charge is -2.32. The molecule has 3 heterocycles. The molecule has 0 N–H and O–H groups in total. The van der Waals surface area contributed by atoms with Crippen molar-refractivity contribution in [2.24, 2.45) is 0 Å². The Hall–Kier alpha value is -2.70. The second kappa shape index (κ2) is 7.41. The zero-order valence-corrected chi connectivity index (χ0v) is 21.8. The smallest absolute Gasteiger partial charge is 0.399 e. The topological polar surface area (TPSA) is 18.5 Å². The summed E-state index contributed by atoms with van der Waals surface area (Å²) in [6.45, 7) is 8.45. The van der Waals surface area contributed by atoms with E-state index in [1.54, 1.807) is 0 Å². The Labute approximate surface area is 213 Å². The van der Waals surface area contributed by atoms with Crippen LogP contribution in [0.25, 0.3) is 51.5 Å². The first-order valence-electron chi connectivity index (χ1n) is 12.0. The minimum Gasteiger partial charge on any atom is -0.399 e. The Balaban J connectivity index is 1.48. The maximum atomic E-state index is 6.47. The fourth-order valence-corrected chi connectivity index (χ4v) is 7.44. The molecule has 35 heavy (non-hydrogen) atoms. The highest BCUT2D eigenvalue weighted by Gasteiger charge is 2.51. The normalized spacial score (nSPS) is 17.3. The largest absolute Gasteiger partial charge is 0.494 e. The maximum absolute atomic E-state index is 6.47. The lowest BCUT2D eigenvalue weighted by Crippen LogP contribution is -2.41. The fraction of sp³-hybridized carbons (Fsp3) is 0.200. The van der Waals surface area contributed by atoms with E-state index in [0.717, 1.165) is 5.46 Å². The van der Waals surface area contributed by atoms with Gasteiger partial charge in [-0.25, -0.2) is 0 Å². The van der Waals surface area contributed by atoms with Gasteiger partial charge in [0.05, 0.1) is 11.2 Å². The van der Waals surface area contributed by atoms with Crippen molar-refractivity contribution in [1.29, 1.82) is 0 Å². The van der Waals surface area contributed by atoms with Crippen LogP contribution in [-0.2, 0) is 9.31 Å². The van der Waals surface area contributed by atoms with Gasteiger partial charge in [-0.3, -0.25) is 0 Å². The third kappa shape index (κ3) is 3.22. The number of rotatable bonds is 2. The van der Waals surface area contributed by atoms with E-state index in [2.05, 4.69) is 107 Å². The second-order valence-corrected chi connectivity index (χ2v) is 12.6. The highest BCUT2D eigenvalue weighted by atomic mass is 32.1. The van der Waals surface area contributed by atoms with Gasteiger partial charge in [-0.2, -0.15) is 0 Å². The van der Waals surface area contributed by atoms with Gasteiger partial charge < -0.3 is 9.31 Å². The van der Waals surface area contributed by atoms with Gasteiger partial charge in [-0.15, -0.1) is 22.7 Å². The summed E-state index contributed by atoms with van der Waals surface area (Å²) in [6.07, 6.45) is 0. The molecule has 0 amide bonds. The predicted octanol–water partition coefficient (Wildman–Crippen LogP) is 8.39. The first-order chi connectivity index (χ1) is 16.8. The van der Waals surface area contributed by atoms with E-state index in [9.17, 15) is 0 Å². The molecular weight excluding hydrogens is 467 g/mol. The van der Waals surface area contributed by atoms with Crippen molar-refractivity contribution in [3.8, 4) is 11.1 Å². The third-order valence-electron chi connectivity index (χ3n) is 7.72. The van der Waals surface area contributed by atoms with E-state index in [-0.39, 0.29) is 11.2 Å². The van der Waals surface area contributed by atoms with E-state index in [4.69, 9.17) is 9.31 Å². The summed E-state index contributed by atoms with van der Waals surface area (Å²) in [4.78, 5) is 0. The zero-order chi connectivity index (χ0) is 23.9. The van der Waals surface area contributed by atoms with Crippen molar-refractivity contribution in [2.45, 2.75) is 38.9 Å². The molecule has 172 valence electrons. The van der Waals surface area contributed by atoms with E-state index < -0.39 is 7.12 Å². The molecular formula is C30H25BO2S2. The molecule has 0 saturated carbocycles. The van der Waals surface area contributed by atoms with Gasteiger partial charge in [0, 0.05) is 40.3 Å². The van der Waals surface area contributed by atoms with Gasteiger partial charge >= 0.3 is 7.12 Å². The van der Waals surface area contributed by atoms with Crippen LogP contribution < -0.4 is 5.46 Å². The van der Waals surface area contributed by atoms with Crippen molar-refractivity contribution in [3.05, 3.63) is 78.9 Å². The SMILES string of the molecule is CC1(C)OB(c2cc(-c3ccc4c(c3)sc3ccccc34)c3sc4ccccc4c3c2)OC1(C)C. The Kier molecular flexibility index (Phi) is 4.57. The van der Waals surface area contributed by atoms with Crippen LogP contribution in [0, 0.1) is 0 Å². The summed E-state index contributed by atoms with van der Waals surface area (Å²) >= 11 is 3.73. The molecule has 1 aliphatic heterocycles. The molecule has 1 fully saturated rings. The van der Waals surface area contributed by atoms with Crippen LogP contribution in [0.4, 0.5) is 0 Å². The van der Waals surface area contributed by atoms with E-state index >= 15 is 0 Å². The highest BCUT2D eigenvalue weighted by Crippen LogP contribution is 2.43. The second-order valence-electron chi connectivity index (χ2n) is 10.4. The molecule has 5 heteroatoms. The fourth-order valence-electron chi connectivity index (χ4n) is 5.07. The van der Waals surface area contributed by atoms with Crippen molar-refractivity contribution in [1.82, 2.24) is 0 Å². The minimum absolute atomic E-state index is 0.376. The monoisotopic (exact) mass is 492 g/mol. The summed E-state index contributed by atoms with van der Waals surface area (Å²) in [5.41, 5.74) is 2.80. The molecule has 0 bridgehead atoms. The molecule has 4 aromatic carbocycles. The van der Waals surface area contributed by atoms with Crippen molar-refractivity contribution in [2.75, 3.05) is 0 Å². The van der Waals surface area contributed by atoms with Crippen molar-refractivity contribution in [3.63, 3.8) is 0 Å².